The van der Waals surface area contributed by atoms with Crippen molar-refractivity contribution in [2.24, 2.45) is 0 Å². The van der Waals surface area contributed by atoms with E-state index in [1.54, 1.807) is 7.11 Å². The number of ether oxygens (including phenoxy) is 3. The van der Waals surface area contributed by atoms with Crippen LogP contribution in [0.5, 0.6) is 17.2 Å². The Kier molecular flexibility index (Phi) is 5.63. The molecule has 2 aliphatic rings. The third-order valence-corrected chi connectivity index (χ3v) is 5.95. The van der Waals surface area contributed by atoms with Crippen molar-refractivity contribution in [2.75, 3.05) is 20.3 Å². The zero-order chi connectivity index (χ0) is 21.0. The van der Waals surface area contributed by atoms with Gasteiger partial charge in [0.2, 0.25) is 0 Å². The number of nitrogens with one attached hydrogen (secondary N) is 1. The van der Waals surface area contributed by atoms with Gasteiger partial charge in [-0.1, -0.05) is 48.6 Å². The van der Waals surface area contributed by atoms with Crippen LogP contribution in [0.2, 0.25) is 0 Å². The molecule has 0 spiro atoms. The predicted octanol–water partition coefficient (Wildman–Crippen LogP) is 5.11. The van der Waals surface area contributed by atoms with Crippen LogP contribution in [0, 0.1) is 0 Å². The average Bonchev–Trinajstić information content (AvgIpc) is 3.29. The van der Waals surface area contributed by atoms with E-state index in [9.17, 15) is 0 Å². The molecular formula is C27H27NO3. The van der Waals surface area contributed by atoms with Crippen LogP contribution in [-0.4, -0.2) is 20.3 Å². The minimum absolute atomic E-state index is 0.144. The van der Waals surface area contributed by atoms with Crippen molar-refractivity contribution in [3.05, 3.63) is 94.6 Å². The molecule has 158 valence electrons. The van der Waals surface area contributed by atoms with Gasteiger partial charge in [-0.25, -0.2) is 0 Å². The van der Waals surface area contributed by atoms with Crippen molar-refractivity contribution in [3.8, 4) is 17.2 Å². The van der Waals surface area contributed by atoms with E-state index in [4.69, 9.17) is 14.2 Å². The fourth-order valence-electron chi connectivity index (χ4n) is 4.29. The van der Waals surface area contributed by atoms with Crippen LogP contribution in [0.3, 0.4) is 0 Å². The summed E-state index contributed by atoms with van der Waals surface area (Å²) in [6, 6.07) is 21.0. The molecule has 5 rings (SSSR count). The zero-order valence-corrected chi connectivity index (χ0v) is 17.8. The molecule has 3 aromatic rings. The second-order valence-electron chi connectivity index (χ2n) is 7.98. The highest BCUT2D eigenvalue weighted by Gasteiger charge is 2.21. The van der Waals surface area contributed by atoms with Gasteiger partial charge in [0.25, 0.3) is 0 Å². The highest BCUT2D eigenvalue weighted by Crippen LogP contribution is 2.36. The van der Waals surface area contributed by atoms with Crippen LogP contribution in [0.1, 0.15) is 33.9 Å². The normalized spacial score (nSPS) is 17.1. The predicted molar refractivity (Wildman–Crippen MR) is 123 cm³/mol. The van der Waals surface area contributed by atoms with Crippen LogP contribution in [0.4, 0.5) is 0 Å². The molecule has 0 fully saturated rings. The number of methoxy groups -OCH3 is 1. The Hall–Kier alpha value is -3.24. The van der Waals surface area contributed by atoms with Gasteiger partial charge in [-0.05, 0) is 58.5 Å². The van der Waals surface area contributed by atoms with E-state index in [-0.39, 0.29) is 6.04 Å². The maximum atomic E-state index is 6.11. The first-order chi connectivity index (χ1) is 15.3. The zero-order valence-electron chi connectivity index (χ0n) is 17.8. The van der Waals surface area contributed by atoms with Crippen LogP contribution in [0.25, 0.3) is 6.08 Å². The van der Waals surface area contributed by atoms with E-state index in [1.807, 2.05) is 18.2 Å². The smallest absolute Gasteiger partial charge is 0.161 e. The molecule has 31 heavy (non-hydrogen) atoms. The van der Waals surface area contributed by atoms with E-state index in [0.29, 0.717) is 6.61 Å². The van der Waals surface area contributed by atoms with Crippen LogP contribution >= 0.6 is 0 Å². The average molecular weight is 414 g/mol. The summed E-state index contributed by atoms with van der Waals surface area (Å²) in [5.74, 6) is 2.59. The van der Waals surface area contributed by atoms with Gasteiger partial charge in [0.1, 0.15) is 12.4 Å². The van der Waals surface area contributed by atoms with Crippen molar-refractivity contribution >= 4 is 6.08 Å². The Morgan fingerprint density at radius 3 is 2.77 bits per heavy atom. The topological polar surface area (TPSA) is 39.7 Å². The molecule has 2 heterocycles. The molecule has 0 amide bonds. The number of benzene rings is 3. The third-order valence-electron chi connectivity index (χ3n) is 5.95. The minimum Gasteiger partial charge on any atom is -0.493 e. The monoisotopic (exact) mass is 413 g/mol. The van der Waals surface area contributed by atoms with Gasteiger partial charge in [0, 0.05) is 13.0 Å². The first-order valence-electron chi connectivity index (χ1n) is 10.8. The van der Waals surface area contributed by atoms with Gasteiger partial charge >= 0.3 is 0 Å². The lowest BCUT2D eigenvalue weighted by Gasteiger charge is -2.26. The first-order valence-corrected chi connectivity index (χ1v) is 10.8. The molecule has 0 bridgehead atoms. The number of fused-ring (bicyclic) bond motifs is 2. The molecule has 2 aliphatic heterocycles. The molecule has 0 saturated heterocycles. The fraction of sp³-hybridized carbons (Fsp3) is 0.259. The van der Waals surface area contributed by atoms with E-state index in [1.165, 1.54) is 22.3 Å². The van der Waals surface area contributed by atoms with Crippen molar-refractivity contribution in [1.29, 1.82) is 0 Å². The summed E-state index contributed by atoms with van der Waals surface area (Å²) in [5.41, 5.74) is 6.19. The maximum absolute atomic E-state index is 6.11. The third kappa shape index (κ3) is 4.30. The Balaban J connectivity index is 1.37. The largest absolute Gasteiger partial charge is 0.493 e. The van der Waals surface area contributed by atoms with E-state index >= 15 is 0 Å². The molecule has 0 radical (unpaired) electrons. The Morgan fingerprint density at radius 2 is 1.90 bits per heavy atom. The van der Waals surface area contributed by atoms with Gasteiger partial charge in [-0.3, -0.25) is 0 Å². The van der Waals surface area contributed by atoms with Crippen molar-refractivity contribution in [3.63, 3.8) is 0 Å². The standard InChI is InChI=1S/C27H27NO3/c1-29-26-17-23-21(16-27(26)31-18-20-5-3-2-4-6-20)11-13-28-24(23)9-7-19-8-10-25-22(15-19)12-14-30-25/h2-10,15-17,24,28H,11-14,18H2,1H3/b9-7+. The molecule has 4 heteroatoms. The molecule has 4 nitrogen and oxygen atoms in total. The minimum atomic E-state index is 0.144. The Labute approximate surface area is 183 Å². The van der Waals surface area contributed by atoms with Gasteiger partial charge in [0.05, 0.1) is 19.8 Å². The lowest BCUT2D eigenvalue weighted by molar-refractivity contribution is 0.283. The summed E-state index contributed by atoms with van der Waals surface area (Å²) >= 11 is 0. The van der Waals surface area contributed by atoms with Crippen molar-refractivity contribution in [1.82, 2.24) is 5.32 Å². The highest BCUT2D eigenvalue weighted by atomic mass is 16.5. The number of rotatable bonds is 6. The van der Waals surface area contributed by atoms with E-state index < -0.39 is 0 Å². The number of hydrogen-bond donors (Lipinski definition) is 1. The molecule has 0 saturated carbocycles. The highest BCUT2D eigenvalue weighted by molar-refractivity contribution is 5.57. The molecule has 0 aromatic heterocycles. The Morgan fingerprint density at radius 1 is 1.00 bits per heavy atom. The molecule has 1 atom stereocenters. The molecule has 0 aliphatic carbocycles. The Bertz CT molecular complexity index is 1090. The van der Waals surface area contributed by atoms with E-state index in [0.717, 1.165) is 48.8 Å². The fourth-order valence-corrected chi connectivity index (χ4v) is 4.29. The summed E-state index contributed by atoms with van der Waals surface area (Å²) in [5, 5.41) is 3.62. The maximum Gasteiger partial charge on any atom is 0.161 e. The molecule has 3 aromatic carbocycles. The van der Waals surface area contributed by atoms with Gasteiger partial charge in [0.15, 0.2) is 11.5 Å². The first kappa shape index (κ1) is 19.7. The summed E-state index contributed by atoms with van der Waals surface area (Å²) in [7, 11) is 1.70. The summed E-state index contributed by atoms with van der Waals surface area (Å²) in [4.78, 5) is 0. The SMILES string of the molecule is COc1cc2c(cc1OCc1ccccc1)CCNC2/C=C/c1ccc2c(c1)CCO2. The van der Waals surface area contributed by atoms with Crippen molar-refractivity contribution in [2.45, 2.75) is 25.5 Å². The lowest BCUT2D eigenvalue weighted by atomic mass is 9.93. The van der Waals surface area contributed by atoms with Crippen LogP contribution in [0.15, 0.2) is 66.7 Å². The molecule has 1 N–H and O–H groups in total. The molecular weight excluding hydrogens is 386 g/mol. The van der Waals surface area contributed by atoms with Gasteiger partial charge in [-0.15, -0.1) is 0 Å². The summed E-state index contributed by atoms with van der Waals surface area (Å²) < 4.78 is 17.4. The van der Waals surface area contributed by atoms with Crippen LogP contribution in [-0.2, 0) is 19.4 Å². The van der Waals surface area contributed by atoms with Gasteiger partial charge in [-0.2, -0.15) is 0 Å². The second kappa shape index (κ2) is 8.86. The second-order valence-corrected chi connectivity index (χ2v) is 7.98. The lowest BCUT2D eigenvalue weighted by Crippen LogP contribution is -2.28. The van der Waals surface area contributed by atoms with E-state index in [2.05, 4.69) is 59.9 Å². The number of hydrogen-bond acceptors (Lipinski definition) is 4. The molecule has 1 unspecified atom stereocenters. The summed E-state index contributed by atoms with van der Waals surface area (Å²) in [6.45, 7) is 2.25. The summed E-state index contributed by atoms with van der Waals surface area (Å²) in [6.07, 6.45) is 6.39. The quantitative estimate of drug-likeness (QED) is 0.610. The van der Waals surface area contributed by atoms with Gasteiger partial charge < -0.3 is 19.5 Å². The van der Waals surface area contributed by atoms with Crippen molar-refractivity contribution < 1.29 is 14.2 Å². The van der Waals surface area contributed by atoms with Crippen LogP contribution < -0.4 is 19.5 Å².